The number of ether oxygens (including phenoxy) is 2. The van der Waals surface area contributed by atoms with Gasteiger partial charge in [-0.25, -0.2) is 4.68 Å². The molecule has 2 aromatic rings. The summed E-state index contributed by atoms with van der Waals surface area (Å²) < 4.78 is 12.9. The third-order valence-corrected chi connectivity index (χ3v) is 5.90. The summed E-state index contributed by atoms with van der Waals surface area (Å²) in [6.45, 7) is 8.78. The molecule has 29 heavy (non-hydrogen) atoms. The molecule has 0 saturated carbocycles. The first-order chi connectivity index (χ1) is 14.2. The number of carbonyl (C=O) groups excluding carboxylic acids is 1. The molecule has 3 aliphatic heterocycles. The molecule has 0 N–H and O–H groups in total. The lowest BCUT2D eigenvalue weighted by molar-refractivity contribution is -0.131. The third-order valence-electron chi connectivity index (χ3n) is 5.90. The number of anilines is 1. The molecule has 8 heteroatoms. The number of hydrogen-bond donors (Lipinski definition) is 0. The highest BCUT2D eigenvalue weighted by Crippen LogP contribution is 2.32. The number of fused-ring (bicyclic) bond motifs is 2. The van der Waals surface area contributed by atoms with Crippen molar-refractivity contribution < 1.29 is 14.3 Å². The molecule has 0 aliphatic carbocycles. The van der Waals surface area contributed by atoms with Crippen molar-refractivity contribution in [3.8, 4) is 11.5 Å². The van der Waals surface area contributed by atoms with E-state index in [2.05, 4.69) is 33.1 Å². The topological polar surface area (TPSA) is 63.1 Å². The fourth-order valence-electron chi connectivity index (χ4n) is 4.35. The van der Waals surface area contributed by atoms with Gasteiger partial charge in [0, 0.05) is 51.9 Å². The number of nitrogens with zero attached hydrogens (tertiary/aromatic N) is 5. The van der Waals surface area contributed by atoms with Crippen LogP contribution in [0.5, 0.6) is 11.5 Å². The number of hydrogen-bond acceptors (Lipinski definition) is 6. The summed E-state index contributed by atoms with van der Waals surface area (Å²) in [6.07, 6.45) is 1.03. The van der Waals surface area contributed by atoms with Crippen molar-refractivity contribution in [2.75, 3.05) is 51.0 Å². The van der Waals surface area contributed by atoms with Crippen LogP contribution in [0, 0.1) is 6.92 Å². The molecule has 8 nitrogen and oxygen atoms in total. The Hall–Kier alpha value is -2.74. The fourth-order valence-corrected chi connectivity index (χ4v) is 4.35. The molecule has 1 fully saturated rings. The normalized spacial score (nSPS) is 18.8. The Balaban J connectivity index is 1.14. The van der Waals surface area contributed by atoms with Crippen LogP contribution in [0.25, 0.3) is 0 Å². The van der Waals surface area contributed by atoms with Crippen LogP contribution in [-0.4, -0.2) is 71.5 Å². The first kappa shape index (κ1) is 18.3. The average molecular weight is 397 g/mol. The quantitative estimate of drug-likeness (QED) is 0.779. The average Bonchev–Trinajstić information content (AvgIpc) is 3.34. The van der Waals surface area contributed by atoms with Gasteiger partial charge >= 0.3 is 0 Å². The van der Waals surface area contributed by atoms with Gasteiger partial charge in [-0.3, -0.25) is 9.69 Å². The molecule has 0 spiro atoms. The monoisotopic (exact) mass is 397 g/mol. The summed E-state index contributed by atoms with van der Waals surface area (Å²) in [7, 11) is 0. The zero-order valence-electron chi connectivity index (χ0n) is 16.8. The van der Waals surface area contributed by atoms with Crippen molar-refractivity contribution in [2.45, 2.75) is 26.4 Å². The van der Waals surface area contributed by atoms with Gasteiger partial charge in [0.15, 0.2) is 11.5 Å². The highest BCUT2D eigenvalue weighted by Gasteiger charge is 2.26. The maximum atomic E-state index is 12.9. The number of piperazine rings is 1. The van der Waals surface area contributed by atoms with E-state index in [1.807, 2.05) is 22.6 Å². The van der Waals surface area contributed by atoms with Crippen LogP contribution in [0.1, 0.15) is 17.7 Å². The van der Waals surface area contributed by atoms with E-state index in [1.54, 1.807) is 0 Å². The SMILES string of the molecule is Cc1cc2n(n1)CCCN2CC(=O)N1CCN(Cc2ccc3c(c2)OCO3)CC1. The number of amides is 1. The summed E-state index contributed by atoms with van der Waals surface area (Å²) in [5.74, 6) is 2.93. The molecular weight excluding hydrogens is 370 g/mol. The molecule has 0 radical (unpaired) electrons. The maximum Gasteiger partial charge on any atom is 0.242 e. The van der Waals surface area contributed by atoms with E-state index < -0.39 is 0 Å². The van der Waals surface area contributed by atoms with Crippen LogP contribution in [0.4, 0.5) is 5.82 Å². The summed E-state index contributed by atoms with van der Waals surface area (Å²) in [5, 5.41) is 4.52. The minimum atomic E-state index is 0.208. The van der Waals surface area contributed by atoms with Gasteiger partial charge in [0.25, 0.3) is 0 Å². The Labute approximate surface area is 170 Å². The Bertz CT molecular complexity index is 904. The lowest BCUT2D eigenvalue weighted by atomic mass is 10.1. The molecule has 3 aliphatic rings. The van der Waals surface area contributed by atoms with Crippen LogP contribution in [-0.2, 0) is 17.9 Å². The first-order valence-corrected chi connectivity index (χ1v) is 10.3. The van der Waals surface area contributed by atoms with Gasteiger partial charge in [0.05, 0.1) is 12.2 Å². The van der Waals surface area contributed by atoms with Gasteiger partial charge in [-0.05, 0) is 31.0 Å². The van der Waals surface area contributed by atoms with Gasteiger partial charge < -0.3 is 19.3 Å². The Morgan fingerprint density at radius 3 is 2.72 bits per heavy atom. The van der Waals surface area contributed by atoms with E-state index in [-0.39, 0.29) is 5.91 Å². The molecule has 1 saturated heterocycles. The molecule has 1 aromatic heterocycles. The minimum Gasteiger partial charge on any atom is -0.454 e. The van der Waals surface area contributed by atoms with E-state index >= 15 is 0 Å². The fraction of sp³-hybridized carbons (Fsp3) is 0.524. The second-order valence-electron chi connectivity index (χ2n) is 7.99. The minimum absolute atomic E-state index is 0.208. The molecular formula is C21H27N5O3. The van der Waals surface area contributed by atoms with Gasteiger partial charge in [0.2, 0.25) is 12.7 Å². The summed E-state index contributed by atoms with van der Waals surface area (Å²) in [4.78, 5) is 19.4. The summed E-state index contributed by atoms with van der Waals surface area (Å²) in [5.41, 5.74) is 2.22. The molecule has 154 valence electrons. The molecule has 1 amide bonds. The van der Waals surface area contributed by atoms with Crippen molar-refractivity contribution in [3.63, 3.8) is 0 Å². The number of benzene rings is 1. The van der Waals surface area contributed by atoms with E-state index in [4.69, 9.17) is 9.47 Å². The Morgan fingerprint density at radius 1 is 1.03 bits per heavy atom. The van der Waals surface area contributed by atoms with Crippen LogP contribution in [0.15, 0.2) is 24.3 Å². The van der Waals surface area contributed by atoms with E-state index in [0.717, 1.165) is 75.2 Å². The van der Waals surface area contributed by atoms with Crippen molar-refractivity contribution in [1.82, 2.24) is 19.6 Å². The largest absolute Gasteiger partial charge is 0.454 e. The van der Waals surface area contributed by atoms with Gasteiger partial charge in [-0.1, -0.05) is 6.07 Å². The van der Waals surface area contributed by atoms with Crippen LogP contribution in [0.2, 0.25) is 0 Å². The number of aryl methyl sites for hydroxylation is 2. The van der Waals surface area contributed by atoms with Crippen LogP contribution >= 0.6 is 0 Å². The molecule has 5 rings (SSSR count). The smallest absolute Gasteiger partial charge is 0.242 e. The zero-order chi connectivity index (χ0) is 19.8. The van der Waals surface area contributed by atoms with Crippen molar-refractivity contribution in [3.05, 3.63) is 35.5 Å². The standard InChI is InChI=1S/C21H27N5O3/c1-16-11-20-25(5-2-6-26(20)22-16)14-21(27)24-9-7-23(8-10-24)13-17-3-4-18-19(12-17)29-15-28-18/h3-4,11-12H,2,5-10,13-15H2,1H3. The number of carbonyl (C=O) groups is 1. The van der Waals surface area contributed by atoms with Gasteiger partial charge in [0.1, 0.15) is 5.82 Å². The second-order valence-corrected chi connectivity index (χ2v) is 7.99. The molecule has 0 unspecified atom stereocenters. The van der Waals surface area contributed by atoms with Gasteiger partial charge in [-0.2, -0.15) is 5.10 Å². The summed E-state index contributed by atoms with van der Waals surface area (Å²) >= 11 is 0. The zero-order valence-corrected chi connectivity index (χ0v) is 16.8. The first-order valence-electron chi connectivity index (χ1n) is 10.3. The van der Waals surface area contributed by atoms with Crippen molar-refractivity contribution in [1.29, 1.82) is 0 Å². The predicted octanol–water partition coefficient (Wildman–Crippen LogP) is 1.47. The number of rotatable bonds is 4. The van der Waals surface area contributed by atoms with Crippen molar-refractivity contribution >= 4 is 11.7 Å². The molecule has 0 bridgehead atoms. The Kier molecular flexibility index (Phi) is 4.79. The predicted molar refractivity (Wildman–Crippen MR) is 108 cm³/mol. The lowest BCUT2D eigenvalue weighted by Gasteiger charge is -2.36. The lowest BCUT2D eigenvalue weighted by Crippen LogP contribution is -2.51. The van der Waals surface area contributed by atoms with Crippen LogP contribution in [0.3, 0.4) is 0 Å². The highest BCUT2D eigenvalue weighted by molar-refractivity contribution is 5.81. The summed E-state index contributed by atoms with van der Waals surface area (Å²) in [6, 6.07) is 8.20. The Morgan fingerprint density at radius 2 is 1.86 bits per heavy atom. The van der Waals surface area contributed by atoms with E-state index in [1.165, 1.54) is 5.56 Å². The highest BCUT2D eigenvalue weighted by atomic mass is 16.7. The van der Waals surface area contributed by atoms with Crippen LogP contribution < -0.4 is 14.4 Å². The van der Waals surface area contributed by atoms with Gasteiger partial charge in [-0.15, -0.1) is 0 Å². The molecule has 0 atom stereocenters. The van der Waals surface area contributed by atoms with E-state index in [0.29, 0.717) is 13.3 Å². The van der Waals surface area contributed by atoms with E-state index in [9.17, 15) is 4.79 Å². The third kappa shape index (κ3) is 3.76. The second kappa shape index (κ2) is 7.59. The number of aromatic nitrogens is 2. The molecule has 4 heterocycles. The molecule has 1 aromatic carbocycles. The maximum absolute atomic E-state index is 12.9. The van der Waals surface area contributed by atoms with Crippen molar-refractivity contribution in [2.24, 2.45) is 0 Å².